The van der Waals surface area contributed by atoms with E-state index in [1.54, 1.807) is 24.3 Å². The van der Waals surface area contributed by atoms with Crippen molar-refractivity contribution < 1.29 is 4.39 Å². The van der Waals surface area contributed by atoms with Crippen molar-refractivity contribution in [3.05, 3.63) is 29.8 Å². The van der Waals surface area contributed by atoms with E-state index in [1.165, 1.54) is 0 Å². The van der Waals surface area contributed by atoms with Crippen LogP contribution < -0.4 is 11.5 Å². The Labute approximate surface area is 65.0 Å². The predicted molar refractivity (Wildman–Crippen MR) is 43.8 cm³/mol. The highest BCUT2D eigenvalue weighted by atomic mass is 19.1. The fraction of sp³-hybridized carbons (Fsp3) is 0.250. The second-order valence-electron chi connectivity index (χ2n) is 2.37. The quantitative estimate of drug-likeness (QED) is 0.629. The number of hydrogen-bond donors (Lipinski definition) is 2. The minimum Gasteiger partial charge on any atom is -0.399 e. The summed E-state index contributed by atoms with van der Waals surface area (Å²) in [6.07, 6.45) is -1.10. The van der Waals surface area contributed by atoms with Gasteiger partial charge in [0, 0.05) is 12.2 Å². The molecule has 0 radical (unpaired) electrons. The Morgan fingerprint density at radius 3 is 2.73 bits per heavy atom. The van der Waals surface area contributed by atoms with Gasteiger partial charge < -0.3 is 11.5 Å². The maximum atomic E-state index is 12.9. The minimum absolute atomic E-state index is 0.00343. The highest BCUT2D eigenvalue weighted by Crippen LogP contribution is 2.17. The number of alkyl halides is 1. The van der Waals surface area contributed by atoms with Crippen molar-refractivity contribution in [2.24, 2.45) is 5.73 Å². The van der Waals surface area contributed by atoms with Crippen molar-refractivity contribution in [3.8, 4) is 0 Å². The fourth-order valence-electron chi connectivity index (χ4n) is 0.890. The third kappa shape index (κ3) is 1.91. The molecular weight excluding hydrogens is 143 g/mol. The van der Waals surface area contributed by atoms with E-state index in [4.69, 9.17) is 11.5 Å². The van der Waals surface area contributed by atoms with Gasteiger partial charge in [0.2, 0.25) is 0 Å². The molecule has 0 saturated carbocycles. The molecule has 1 atom stereocenters. The Bertz CT molecular complexity index is 237. The van der Waals surface area contributed by atoms with Crippen LogP contribution in [-0.2, 0) is 0 Å². The SMILES string of the molecule is NC[C@H](F)c1cccc(N)c1. The summed E-state index contributed by atoms with van der Waals surface area (Å²) in [6, 6.07) is 6.70. The van der Waals surface area contributed by atoms with Crippen molar-refractivity contribution in [1.29, 1.82) is 0 Å². The van der Waals surface area contributed by atoms with Gasteiger partial charge in [0.1, 0.15) is 6.17 Å². The average Bonchev–Trinajstić information content (AvgIpc) is 2.03. The van der Waals surface area contributed by atoms with Crippen molar-refractivity contribution in [2.75, 3.05) is 12.3 Å². The summed E-state index contributed by atoms with van der Waals surface area (Å²) < 4.78 is 12.9. The molecule has 0 amide bonds. The molecule has 0 fully saturated rings. The molecule has 0 aromatic heterocycles. The molecule has 1 rings (SSSR count). The van der Waals surface area contributed by atoms with E-state index >= 15 is 0 Å². The third-order valence-corrected chi connectivity index (χ3v) is 1.48. The van der Waals surface area contributed by atoms with Gasteiger partial charge in [0.25, 0.3) is 0 Å². The lowest BCUT2D eigenvalue weighted by Crippen LogP contribution is -2.07. The minimum atomic E-state index is -1.10. The first-order valence-electron chi connectivity index (χ1n) is 3.43. The Morgan fingerprint density at radius 1 is 1.45 bits per heavy atom. The van der Waals surface area contributed by atoms with Crippen LogP contribution in [0.5, 0.6) is 0 Å². The summed E-state index contributed by atoms with van der Waals surface area (Å²) in [5, 5.41) is 0. The van der Waals surface area contributed by atoms with E-state index in [1.807, 2.05) is 0 Å². The first-order valence-corrected chi connectivity index (χ1v) is 3.43. The van der Waals surface area contributed by atoms with Gasteiger partial charge in [-0.15, -0.1) is 0 Å². The van der Waals surface area contributed by atoms with Crippen LogP contribution in [0.1, 0.15) is 11.7 Å². The maximum Gasteiger partial charge on any atom is 0.137 e. The molecule has 3 heteroatoms. The van der Waals surface area contributed by atoms with E-state index in [0.29, 0.717) is 11.3 Å². The number of nitrogens with two attached hydrogens (primary N) is 2. The zero-order valence-electron chi connectivity index (χ0n) is 6.13. The van der Waals surface area contributed by atoms with Gasteiger partial charge in [-0.25, -0.2) is 4.39 Å². The molecule has 1 aromatic rings. The number of benzene rings is 1. The molecule has 0 saturated heterocycles. The van der Waals surface area contributed by atoms with E-state index in [2.05, 4.69) is 0 Å². The van der Waals surface area contributed by atoms with E-state index in [9.17, 15) is 4.39 Å². The lowest BCUT2D eigenvalue weighted by atomic mass is 10.1. The normalized spacial score (nSPS) is 12.9. The molecule has 4 N–H and O–H groups in total. The zero-order valence-corrected chi connectivity index (χ0v) is 6.13. The molecule has 0 aliphatic carbocycles. The number of hydrogen-bond acceptors (Lipinski definition) is 2. The second-order valence-corrected chi connectivity index (χ2v) is 2.37. The molecule has 0 spiro atoms. The van der Waals surface area contributed by atoms with Crippen LogP contribution in [0.4, 0.5) is 10.1 Å². The fourth-order valence-corrected chi connectivity index (χ4v) is 0.890. The standard InChI is InChI=1S/C8H11FN2/c9-8(5-10)6-2-1-3-7(11)4-6/h1-4,8H,5,10-11H2/t8-/m0/s1. The highest BCUT2D eigenvalue weighted by Gasteiger charge is 2.05. The molecule has 11 heavy (non-hydrogen) atoms. The van der Waals surface area contributed by atoms with Gasteiger partial charge in [-0.05, 0) is 17.7 Å². The van der Waals surface area contributed by atoms with Crippen LogP contribution in [0, 0.1) is 0 Å². The Kier molecular flexibility index (Phi) is 2.44. The van der Waals surface area contributed by atoms with Gasteiger partial charge in [-0.3, -0.25) is 0 Å². The summed E-state index contributed by atoms with van der Waals surface area (Å²) in [4.78, 5) is 0. The molecule has 0 aliphatic heterocycles. The largest absolute Gasteiger partial charge is 0.399 e. The van der Waals surface area contributed by atoms with Crippen LogP contribution in [0.25, 0.3) is 0 Å². The topological polar surface area (TPSA) is 52.0 Å². The van der Waals surface area contributed by atoms with E-state index < -0.39 is 6.17 Å². The highest BCUT2D eigenvalue weighted by molar-refractivity contribution is 5.41. The lowest BCUT2D eigenvalue weighted by Gasteiger charge is -2.04. The number of halogens is 1. The molecule has 0 unspecified atom stereocenters. The van der Waals surface area contributed by atoms with Gasteiger partial charge >= 0.3 is 0 Å². The van der Waals surface area contributed by atoms with Crippen LogP contribution >= 0.6 is 0 Å². The maximum absolute atomic E-state index is 12.9. The molecule has 60 valence electrons. The predicted octanol–water partition coefficient (Wildman–Crippen LogP) is 1.24. The molecule has 0 heterocycles. The molecular formula is C8H11FN2. The Morgan fingerprint density at radius 2 is 2.18 bits per heavy atom. The average molecular weight is 154 g/mol. The molecule has 1 aromatic carbocycles. The molecule has 0 aliphatic rings. The number of rotatable bonds is 2. The van der Waals surface area contributed by atoms with Crippen molar-refractivity contribution in [1.82, 2.24) is 0 Å². The summed E-state index contributed by atoms with van der Waals surface area (Å²) in [7, 11) is 0. The van der Waals surface area contributed by atoms with Gasteiger partial charge in [-0.1, -0.05) is 12.1 Å². The van der Waals surface area contributed by atoms with Crippen LogP contribution in [-0.4, -0.2) is 6.54 Å². The van der Waals surface area contributed by atoms with Crippen molar-refractivity contribution in [3.63, 3.8) is 0 Å². The van der Waals surface area contributed by atoms with Crippen molar-refractivity contribution >= 4 is 5.69 Å². The second kappa shape index (κ2) is 3.34. The first kappa shape index (κ1) is 8.01. The van der Waals surface area contributed by atoms with E-state index in [-0.39, 0.29) is 6.54 Å². The van der Waals surface area contributed by atoms with Gasteiger partial charge in [0.15, 0.2) is 0 Å². The molecule has 0 bridgehead atoms. The van der Waals surface area contributed by atoms with E-state index in [0.717, 1.165) is 0 Å². The van der Waals surface area contributed by atoms with Crippen LogP contribution in [0.2, 0.25) is 0 Å². The Hall–Kier alpha value is -1.09. The summed E-state index contributed by atoms with van der Waals surface area (Å²) >= 11 is 0. The number of nitrogen functional groups attached to an aromatic ring is 1. The smallest absolute Gasteiger partial charge is 0.137 e. The van der Waals surface area contributed by atoms with Crippen molar-refractivity contribution in [2.45, 2.75) is 6.17 Å². The Balaban J connectivity index is 2.86. The lowest BCUT2D eigenvalue weighted by molar-refractivity contribution is 0.353. The van der Waals surface area contributed by atoms with Crippen LogP contribution in [0.15, 0.2) is 24.3 Å². The van der Waals surface area contributed by atoms with Crippen LogP contribution in [0.3, 0.4) is 0 Å². The first-order chi connectivity index (χ1) is 5.24. The summed E-state index contributed by atoms with van der Waals surface area (Å²) in [6.45, 7) is 0.00343. The number of anilines is 1. The van der Waals surface area contributed by atoms with Gasteiger partial charge in [0.05, 0.1) is 0 Å². The third-order valence-electron chi connectivity index (χ3n) is 1.48. The van der Waals surface area contributed by atoms with Gasteiger partial charge in [-0.2, -0.15) is 0 Å². The monoisotopic (exact) mass is 154 g/mol. The summed E-state index contributed by atoms with van der Waals surface area (Å²) in [5.74, 6) is 0. The zero-order chi connectivity index (χ0) is 8.27. The summed E-state index contributed by atoms with van der Waals surface area (Å²) in [5.41, 5.74) is 11.7. The molecule has 2 nitrogen and oxygen atoms in total.